The molecule has 0 fully saturated rings. The van der Waals surface area contributed by atoms with Gasteiger partial charge in [0.15, 0.2) is 5.58 Å². The van der Waals surface area contributed by atoms with E-state index in [2.05, 4.69) is 174 Å². The summed E-state index contributed by atoms with van der Waals surface area (Å²) in [6, 6.07) is 67.6. The number of benzene rings is 8. The number of hydrogen-bond donors (Lipinski definition) is 0. The van der Waals surface area contributed by atoms with E-state index in [0.717, 1.165) is 89.1 Å². The lowest BCUT2D eigenvalue weighted by atomic mass is 9.98. The lowest BCUT2D eigenvalue weighted by Crippen LogP contribution is -2.10. The van der Waals surface area contributed by atoms with Gasteiger partial charge in [-0.25, -0.2) is 0 Å². The zero-order valence-electron chi connectivity index (χ0n) is 28.2. The topological polar surface area (TPSA) is 32.8 Å². The minimum absolute atomic E-state index is 0.850. The summed E-state index contributed by atoms with van der Waals surface area (Å²) in [5.74, 6) is 0. The monoisotopic (exact) mass is 668 g/mol. The van der Waals surface area contributed by atoms with E-state index in [1.54, 1.807) is 0 Å². The second kappa shape index (κ2) is 12.4. The molecule has 0 saturated carbocycles. The Hall–Kier alpha value is -7.04. The number of hydrogen-bond acceptors (Lipinski definition) is 4. The highest BCUT2D eigenvalue weighted by Crippen LogP contribution is 2.44. The first-order valence-electron chi connectivity index (χ1n) is 17.5. The zero-order valence-corrected chi connectivity index (χ0v) is 28.2. The molecule has 0 saturated heterocycles. The molecule has 52 heavy (non-hydrogen) atoms. The third-order valence-corrected chi connectivity index (χ3v) is 9.84. The molecule has 0 unspecified atom stereocenters. The maximum Gasteiger partial charge on any atom is 0.159 e. The van der Waals surface area contributed by atoms with E-state index in [1.165, 1.54) is 0 Å². The highest BCUT2D eigenvalue weighted by atomic mass is 16.3. The second-order valence-electron chi connectivity index (χ2n) is 12.9. The van der Waals surface area contributed by atoms with Crippen molar-refractivity contribution in [3.8, 4) is 11.1 Å². The van der Waals surface area contributed by atoms with Gasteiger partial charge in [0, 0.05) is 56.0 Å². The molecule has 8 aromatic carbocycles. The predicted molar refractivity (Wildman–Crippen MR) is 216 cm³/mol. The molecule has 2 aromatic heterocycles. The summed E-state index contributed by atoms with van der Waals surface area (Å²) in [6.07, 6.45) is 0. The Kier molecular flexibility index (Phi) is 7.10. The van der Waals surface area contributed by atoms with E-state index < -0.39 is 0 Å². The van der Waals surface area contributed by atoms with E-state index in [4.69, 9.17) is 8.83 Å². The third-order valence-electron chi connectivity index (χ3n) is 9.84. The standard InChI is InChI=1S/C48H32N2O2/c1-4-14-34(15-5-1)49(35-16-6-2-7-17-35)38-30-31-42-46(32-38)51-45-25-13-21-39(47(42)45)33-26-28-37(29-27-33)50(36-18-8-3-9-19-36)43-23-12-22-41-40-20-10-11-24-44(40)52-48(41)43/h1-32H. The van der Waals surface area contributed by atoms with Crippen molar-refractivity contribution >= 4 is 78.0 Å². The molecule has 10 aromatic rings. The van der Waals surface area contributed by atoms with Crippen molar-refractivity contribution in [3.63, 3.8) is 0 Å². The van der Waals surface area contributed by atoms with Crippen LogP contribution in [0.1, 0.15) is 0 Å². The fraction of sp³-hybridized carbons (Fsp3) is 0. The van der Waals surface area contributed by atoms with Gasteiger partial charge in [-0.3, -0.25) is 0 Å². The summed E-state index contributed by atoms with van der Waals surface area (Å²) in [5.41, 5.74) is 12.0. The molecule has 246 valence electrons. The Morgan fingerprint density at radius 3 is 1.60 bits per heavy atom. The van der Waals surface area contributed by atoms with Crippen LogP contribution >= 0.6 is 0 Å². The van der Waals surface area contributed by atoms with E-state index in [-0.39, 0.29) is 0 Å². The summed E-state index contributed by atoms with van der Waals surface area (Å²) in [6.45, 7) is 0. The molecule has 0 amide bonds. The third kappa shape index (κ3) is 5.00. The molecule has 0 aliphatic carbocycles. The van der Waals surface area contributed by atoms with E-state index >= 15 is 0 Å². The van der Waals surface area contributed by atoms with Crippen LogP contribution in [0.5, 0.6) is 0 Å². The fourth-order valence-corrected chi connectivity index (χ4v) is 7.50. The molecule has 0 radical (unpaired) electrons. The molecule has 0 atom stereocenters. The molecular formula is C48H32N2O2. The highest BCUT2D eigenvalue weighted by molar-refractivity contribution is 6.13. The van der Waals surface area contributed by atoms with Gasteiger partial charge in [0.05, 0.1) is 5.69 Å². The Balaban J connectivity index is 1.07. The molecule has 4 heteroatoms. The van der Waals surface area contributed by atoms with Crippen LogP contribution in [-0.4, -0.2) is 0 Å². The fourth-order valence-electron chi connectivity index (χ4n) is 7.50. The smallest absolute Gasteiger partial charge is 0.159 e. The molecule has 0 aliphatic rings. The summed E-state index contributed by atoms with van der Waals surface area (Å²) in [4.78, 5) is 4.53. The minimum Gasteiger partial charge on any atom is -0.456 e. The van der Waals surface area contributed by atoms with Gasteiger partial charge >= 0.3 is 0 Å². The average molecular weight is 669 g/mol. The van der Waals surface area contributed by atoms with Crippen LogP contribution in [0.4, 0.5) is 34.1 Å². The van der Waals surface area contributed by atoms with Gasteiger partial charge in [-0.1, -0.05) is 109 Å². The van der Waals surface area contributed by atoms with Crippen molar-refractivity contribution in [2.45, 2.75) is 0 Å². The zero-order chi connectivity index (χ0) is 34.4. The largest absolute Gasteiger partial charge is 0.456 e. The average Bonchev–Trinajstić information content (AvgIpc) is 3.78. The van der Waals surface area contributed by atoms with E-state index in [9.17, 15) is 0 Å². The van der Waals surface area contributed by atoms with Crippen molar-refractivity contribution < 1.29 is 8.83 Å². The number of furan rings is 2. The summed E-state index contributed by atoms with van der Waals surface area (Å²) in [7, 11) is 0. The van der Waals surface area contributed by atoms with Gasteiger partial charge in [0.1, 0.15) is 16.7 Å². The lowest BCUT2D eigenvalue weighted by Gasteiger charge is -2.25. The predicted octanol–water partition coefficient (Wildman–Crippen LogP) is 14.1. The Bertz CT molecular complexity index is 2800. The molecule has 0 aliphatic heterocycles. The number of para-hydroxylation sites is 5. The lowest BCUT2D eigenvalue weighted by molar-refractivity contribution is 0.668. The minimum atomic E-state index is 0.850. The van der Waals surface area contributed by atoms with Gasteiger partial charge in [0.2, 0.25) is 0 Å². The van der Waals surface area contributed by atoms with Crippen LogP contribution in [0.2, 0.25) is 0 Å². The van der Waals surface area contributed by atoms with Crippen LogP contribution in [0.15, 0.2) is 203 Å². The maximum atomic E-state index is 6.58. The van der Waals surface area contributed by atoms with Crippen LogP contribution in [0.25, 0.3) is 55.0 Å². The van der Waals surface area contributed by atoms with E-state index in [1.807, 2.05) is 30.3 Å². The van der Waals surface area contributed by atoms with Crippen LogP contribution < -0.4 is 9.80 Å². The van der Waals surface area contributed by atoms with Crippen molar-refractivity contribution in [2.24, 2.45) is 0 Å². The molecule has 0 bridgehead atoms. The van der Waals surface area contributed by atoms with Crippen molar-refractivity contribution in [1.82, 2.24) is 0 Å². The quantitative estimate of drug-likeness (QED) is 0.169. The number of anilines is 6. The summed E-state index contributed by atoms with van der Waals surface area (Å²) in [5, 5.41) is 4.41. The molecule has 4 nitrogen and oxygen atoms in total. The first-order valence-corrected chi connectivity index (χ1v) is 17.5. The van der Waals surface area contributed by atoms with Crippen LogP contribution in [0, 0.1) is 0 Å². The molecule has 0 spiro atoms. The van der Waals surface area contributed by atoms with Gasteiger partial charge in [-0.2, -0.15) is 0 Å². The SMILES string of the molecule is c1ccc(N(c2ccccc2)c2ccc3c(c2)oc2cccc(-c4ccc(N(c5ccccc5)c5cccc6c5oc5ccccc56)cc4)c23)cc1. The molecule has 0 N–H and O–H groups in total. The first kappa shape index (κ1) is 29.8. The number of nitrogens with zero attached hydrogens (tertiary/aromatic N) is 2. The van der Waals surface area contributed by atoms with Gasteiger partial charge in [-0.05, 0) is 90.0 Å². The Morgan fingerprint density at radius 2 is 0.885 bits per heavy atom. The number of fused-ring (bicyclic) bond motifs is 6. The normalized spacial score (nSPS) is 11.5. The summed E-state index contributed by atoms with van der Waals surface area (Å²) >= 11 is 0. The maximum absolute atomic E-state index is 6.58. The number of rotatable bonds is 7. The Morgan fingerprint density at radius 1 is 0.327 bits per heavy atom. The first-order chi connectivity index (χ1) is 25.8. The van der Waals surface area contributed by atoms with Crippen LogP contribution in [-0.2, 0) is 0 Å². The van der Waals surface area contributed by atoms with Crippen molar-refractivity contribution in [1.29, 1.82) is 0 Å². The van der Waals surface area contributed by atoms with E-state index in [0.29, 0.717) is 0 Å². The molecular weight excluding hydrogens is 637 g/mol. The Labute approximate surface area is 301 Å². The molecule has 2 heterocycles. The van der Waals surface area contributed by atoms with Gasteiger partial charge in [0.25, 0.3) is 0 Å². The van der Waals surface area contributed by atoms with Gasteiger partial charge < -0.3 is 18.6 Å². The summed E-state index contributed by atoms with van der Waals surface area (Å²) < 4.78 is 13.1. The molecule has 10 rings (SSSR count). The highest BCUT2D eigenvalue weighted by Gasteiger charge is 2.20. The van der Waals surface area contributed by atoms with Crippen molar-refractivity contribution in [3.05, 3.63) is 194 Å². The van der Waals surface area contributed by atoms with Gasteiger partial charge in [-0.15, -0.1) is 0 Å². The van der Waals surface area contributed by atoms with Crippen molar-refractivity contribution in [2.75, 3.05) is 9.80 Å². The van der Waals surface area contributed by atoms with Crippen LogP contribution in [0.3, 0.4) is 0 Å². The second-order valence-corrected chi connectivity index (χ2v) is 12.9.